The van der Waals surface area contributed by atoms with Gasteiger partial charge in [0, 0.05) is 18.1 Å². The highest BCUT2D eigenvalue weighted by Crippen LogP contribution is 2.64. The van der Waals surface area contributed by atoms with Gasteiger partial charge in [-0.1, -0.05) is 35.9 Å². The second kappa shape index (κ2) is 10.8. The van der Waals surface area contributed by atoms with Crippen LogP contribution in [0.3, 0.4) is 0 Å². The molecule has 4 amide bonds. The summed E-state index contributed by atoms with van der Waals surface area (Å²) in [5, 5.41) is 22.2. The lowest BCUT2D eigenvalue weighted by Gasteiger charge is -2.49. The first kappa shape index (κ1) is 30.2. The van der Waals surface area contributed by atoms with Crippen molar-refractivity contribution in [3.63, 3.8) is 0 Å². The maximum Gasteiger partial charge on any atom is 0.271 e. The Hall–Kier alpha value is -5.52. The molecular formula is C35H31N3O9. The van der Waals surface area contributed by atoms with E-state index in [1.54, 1.807) is 49.4 Å². The van der Waals surface area contributed by atoms with Crippen LogP contribution in [0.5, 0.6) is 17.2 Å². The van der Waals surface area contributed by atoms with E-state index in [1.807, 2.05) is 6.08 Å². The summed E-state index contributed by atoms with van der Waals surface area (Å²) >= 11 is 0. The molecule has 12 heteroatoms. The minimum absolute atomic E-state index is 0.108. The molecule has 0 bridgehead atoms. The van der Waals surface area contributed by atoms with Gasteiger partial charge in [0.2, 0.25) is 29.4 Å². The number of nitrogens with zero attached hydrogens (tertiary/aromatic N) is 3. The summed E-state index contributed by atoms with van der Waals surface area (Å²) in [7, 11) is 2.78. The molecule has 4 aliphatic rings. The molecule has 2 saturated heterocycles. The summed E-state index contributed by atoms with van der Waals surface area (Å²) in [6, 6.07) is 17.3. The fraction of sp³-hybridized carbons (Fsp3) is 0.314. The number of ether oxygens (including phenoxy) is 2. The van der Waals surface area contributed by atoms with Crippen LogP contribution in [0.1, 0.15) is 31.2 Å². The van der Waals surface area contributed by atoms with Crippen LogP contribution in [-0.2, 0) is 19.2 Å². The maximum absolute atomic E-state index is 14.6. The second-order valence-electron chi connectivity index (χ2n) is 12.6. The Labute approximate surface area is 269 Å². The van der Waals surface area contributed by atoms with Crippen molar-refractivity contribution in [1.29, 1.82) is 0 Å². The molecule has 0 aromatic heterocycles. The number of aromatic hydroxyl groups is 1. The van der Waals surface area contributed by atoms with Crippen LogP contribution in [0.25, 0.3) is 0 Å². The van der Waals surface area contributed by atoms with Crippen molar-refractivity contribution >= 4 is 40.7 Å². The van der Waals surface area contributed by atoms with Gasteiger partial charge in [0.05, 0.1) is 53.7 Å². The molecule has 2 aliphatic carbocycles. The van der Waals surface area contributed by atoms with Gasteiger partial charge in [0.15, 0.2) is 11.5 Å². The number of allylic oxidation sites excluding steroid dienone is 2. The molecule has 6 atom stereocenters. The van der Waals surface area contributed by atoms with Crippen molar-refractivity contribution in [2.75, 3.05) is 24.0 Å². The van der Waals surface area contributed by atoms with Crippen LogP contribution < -0.4 is 19.3 Å². The predicted octanol–water partition coefficient (Wildman–Crippen LogP) is 4.75. The first-order valence-electron chi connectivity index (χ1n) is 15.2. The highest BCUT2D eigenvalue weighted by Gasteiger charge is 2.67. The number of para-hydroxylation sites is 1. The summed E-state index contributed by atoms with van der Waals surface area (Å²) in [4.78, 5) is 70.1. The molecule has 1 N–H and O–H groups in total. The lowest BCUT2D eigenvalue weighted by Crippen LogP contribution is -2.48. The number of phenolic OH excluding ortho intramolecular Hbond substituents is 1. The molecule has 6 unspecified atom stereocenters. The van der Waals surface area contributed by atoms with Crippen LogP contribution in [0, 0.1) is 39.2 Å². The third kappa shape index (κ3) is 4.20. The number of non-ortho nitro benzene ring substituents is 1. The number of fused-ring (bicyclic) bond motifs is 4. The van der Waals surface area contributed by atoms with E-state index in [2.05, 4.69) is 0 Å². The number of amides is 4. The standard InChI is InChI=1S/C35H31N3O9/c1-35-25(32(41)37(34(35)43)19-8-5-4-6-9-19)17-24-22(29(35)18-14-26(46-2)30(39)27(15-18)47-3)12-13-23-28(24)33(42)36(31(23)40)20-10-7-11-21(16-20)38(44)45/h4-12,14-16,23-25,28-29,39H,13,17H2,1-3H3. The number of nitro groups is 1. The average Bonchev–Trinajstić information content (AvgIpc) is 3.44. The van der Waals surface area contributed by atoms with E-state index in [9.17, 15) is 34.4 Å². The Morgan fingerprint density at radius 1 is 0.851 bits per heavy atom. The van der Waals surface area contributed by atoms with Gasteiger partial charge in [-0.3, -0.25) is 29.3 Å². The quantitative estimate of drug-likeness (QED) is 0.174. The van der Waals surface area contributed by atoms with Gasteiger partial charge in [-0.15, -0.1) is 0 Å². The average molecular weight is 638 g/mol. The zero-order valence-corrected chi connectivity index (χ0v) is 25.8. The van der Waals surface area contributed by atoms with E-state index in [4.69, 9.17) is 9.47 Å². The number of phenols is 1. The van der Waals surface area contributed by atoms with Crippen molar-refractivity contribution in [2.24, 2.45) is 29.1 Å². The Kier molecular flexibility index (Phi) is 6.92. The summed E-state index contributed by atoms with van der Waals surface area (Å²) in [6.45, 7) is 1.76. The third-order valence-electron chi connectivity index (χ3n) is 10.4. The first-order valence-corrected chi connectivity index (χ1v) is 15.2. The molecule has 12 nitrogen and oxygen atoms in total. The summed E-state index contributed by atoms with van der Waals surface area (Å²) in [5.74, 6) is -5.60. The van der Waals surface area contributed by atoms with E-state index < -0.39 is 63.6 Å². The van der Waals surface area contributed by atoms with Gasteiger partial charge in [-0.25, -0.2) is 9.80 Å². The lowest BCUT2D eigenvalue weighted by molar-refractivity contribution is -0.384. The van der Waals surface area contributed by atoms with E-state index in [0.717, 1.165) is 10.5 Å². The smallest absolute Gasteiger partial charge is 0.271 e. The topological polar surface area (TPSA) is 157 Å². The van der Waals surface area contributed by atoms with Gasteiger partial charge in [-0.2, -0.15) is 0 Å². The molecule has 47 heavy (non-hydrogen) atoms. The van der Waals surface area contributed by atoms with Crippen molar-refractivity contribution < 1.29 is 38.7 Å². The number of carbonyl (C=O) groups is 4. The number of methoxy groups -OCH3 is 2. The molecular weight excluding hydrogens is 606 g/mol. The molecule has 2 aliphatic heterocycles. The van der Waals surface area contributed by atoms with Gasteiger partial charge in [0.25, 0.3) is 5.69 Å². The zero-order chi connectivity index (χ0) is 33.4. The van der Waals surface area contributed by atoms with Crippen LogP contribution in [0.15, 0.2) is 78.4 Å². The Morgan fingerprint density at radius 3 is 2.15 bits per heavy atom. The molecule has 3 aromatic carbocycles. The van der Waals surface area contributed by atoms with Crippen molar-refractivity contribution in [3.05, 3.63) is 94.1 Å². The van der Waals surface area contributed by atoms with Crippen molar-refractivity contribution in [2.45, 2.75) is 25.7 Å². The second-order valence-corrected chi connectivity index (χ2v) is 12.6. The molecule has 3 fully saturated rings. The molecule has 0 radical (unpaired) electrons. The number of imide groups is 2. The SMILES string of the molecule is COc1cc(C2C3=CCC4C(=O)N(c5cccc([N+](=O)[O-])c5)C(=O)C4C3CC3C(=O)N(c4ccccc4)C(=O)C32C)cc(OC)c1O. The van der Waals surface area contributed by atoms with Crippen LogP contribution >= 0.6 is 0 Å². The number of anilines is 2. The molecule has 7 rings (SSSR count). The van der Waals surface area contributed by atoms with Gasteiger partial charge >= 0.3 is 0 Å². The number of benzene rings is 3. The van der Waals surface area contributed by atoms with Crippen molar-refractivity contribution in [1.82, 2.24) is 0 Å². The fourth-order valence-electron chi connectivity index (χ4n) is 8.30. The lowest BCUT2D eigenvalue weighted by atomic mass is 9.51. The largest absolute Gasteiger partial charge is 0.502 e. The van der Waals surface area contributed by atoms with E-state index >= 15 is 0 Å². The molecule has 3 aromatic rings. The van der Waals surface area contributed by atoms with Gasteiger partial charge in [0.1, 0.15) is 0 Å². The summed E-state index contributed by atoms with van der Waals surface area (Å²) < 4.78 is 10.9. The van der Waals surface area contributed by atoms with Crippen LogP contribution in [0.2, 0.25) is 0 Å². The maximum atomic E-state index is 14.6. The molecule has 2 heterocycles. The Morgan fingerprint density at radius 2 is 1.51 bits per heavy atom. The summed E-state index contributed by atoms with van der Waals surface area (Å²) in [6.07, 6.45) is 2.23. The molecule has 1 saturated carbocycles. The number of hydrogen-bond acceptors (Lipinski definition) is 9. The Balaban J connectivity index is 1.39. The third-order valence-corrected chi connectivity index (χ3v) is 10.4. The fourth-order valence-corrected chi connectivity index (χ4v) is 8.30. The van der Waals surface area contributed by atoms with Crippen LogP contribution in [0.4, 0.5) is 17.1 Å². The van der Waals surface area contributed by atoms with E-state index in [1.165, 1.54) is 43.4 Å². The number of nitro benzene ring substituents is 1. The number of carbonyl (C=O) groups excluding carboxylic acids is 4. The normalized spacial score (nSPS) is 28.1. The highest BCUT2D eigenvalue weighted by molar-refractivity contribution is 6.25. The zero-order valence-electron chi connectivity index (χ0n) is 25.8. The first-order chi connectivity index (χ1) is 22.5. The highest BCUT2D eigenvalue weighted by atomic mass is 16.6. The minimum atomic E-state index is -1.31. The number of rotatable bonds is 6. The number of hydrogen-bond donors (Lipinski definition) is 1. The minimum Gasteiger partial charge on any atom is -0.502 e. The van der Waals surface area contributed by atoms with Gasteiger partial charge in [-0.05, 0) is 61.6 Å². The monoisotopic (exact) mass is 637 g/mol. The van der Waals surface area contributed by atoms with Crippen LogP contribution in [-0.4, -0.2) is 47.9 Å². The molecule has 0 spiro atoms. The predicted molar refractivity (Wildman–Crippen MR) is 168 cm³/mol. The van der Waals surface area contributed by atoms with E-state index in [-0.39, 0.29) is 41.5 Å². The van der Waals surface area contributed by atoms with Crippen molar-refractivity contribution in [3.8, 4) is 17.2 Å². The van der Waals surface area contributed by atoms with Gasteiger partial charge < -0.3 is 14.6 Å². The van der Waals surface area contributed by atoms with E-state index in [0.29, 0.717) is 11.3 Å². The molecule has 240 valence electrons. The summed E-state index contributed by atoms with van der Waals surface area (Å²) in [5.41, 5.74) is 0.256. The Bertz CT molecular complexity index is 1880.